The molecule has 4 N–H and O–H groups in total. The summed E-state index contributed by atoms with van der Waals surface area (Å²) in [6, 6.07) is 23.0. The summed E-state index contributed by atoms with van der Waals surface area (Å²) in [4.78, 5) is 54.9. The minimum atomic E-state index is -0.995. The van der Waals surface area contributed by atoms with E-state index in [2.05, 4.69) is 77.9 Å². The third-order valence-electron chi connectivity index (χ3n) is 6.29. The number of rotatable bonds is 6. The number of imidazole rings is 2. The zero-order valence-electron chi connectivity index (χ0n) is 23.7. The Labute approximate surface area is 285 Å². The van der Waals surface area contributed by atoms with Crippen molar-refractivity contribution in [2.75, 3.05) is 14.2 Å². The molecule has 0 bridgehead atoms. The van der Waals surface area contributed by atoms with Crippen molar-refractivity contribution in [3.05, 3.63) is 83.4 Å². The number of fused-ring (bicyclic) bond motifs is 4. The van der Waals surface area contributed by atoms with E-state index < -0.39 is 12.2 Å². The van der Waals surface area contributed by atoms with Crippen molar-refractivity contribution in [2.45, 2.75) is 6.42 Å². The number of aromatic nitrogens is 4. The van der Waals surface area contributed by atoms with Gasteiger partial charge in [0.05, 0.1) is 48.3 Å². The Morgan fingerprint density at radius 3 is 1.87 bits per heavy atom. The molecule has 0 saturated heterocycles. The molecule has 1 aliphatic rings. The third-order valence-corrected chi connectivity index (χ3v) is 7.46. The third kappa shape index (κ3) is 9.62. The van der Waals surface area contributed by atoms with Crippen LogP contribution in [0.2, 0.25) is 0 Å². The number of H-pyrrole nitrogens is 2. The summed E-state index contributed by atoms with van der Waals surface area (Å²) >= 11 is 0. The molecule has 0 aliphatic heterocycles. The number of carbonyl (C=O) groups is 2. The van der Waals surface area contributed by atoms with Crippen molar-refractivity contribution in [2.24, 2.45) is 0 Å². The average molecular weight is 716 g/mol. The Morgan fingerprint density at radius 1 is 0.778 bits per heavy atom. The largest absolute Gasteiger partial charge is 2.00 e. The van der Waals surface area contributed by atoms with E-state index in [0.717, 1.165) is 54.1 Å². The van der Waals surface area contributed by atoms with Crippen LogP contribution < -0.4 is 11.1 Å². The molecule has 2 aromatic heterocycles. The Bertz CT molecular complexity index is 1800. The van der Waals surface area contributed by atoms with E-state index in [0.29, 0.717) is 11.1 Å². The van der Waals surface area contributed by atoms with E-state index in [1.54, 1.807) is 6.20 Å². The smallest absolute Gasteiger partial charge is 0.632 e. The van der Waals surface area contributed by atoms with E-state index >= 15 is 0 Å². The molecule has 45 heavy (non-hydrogen) atoms. The van der Waals surface area contributed by atoms with E-state index in [-0.39, 0.29) is 54.3 Å². The standard InChI is InChI=1S/C25H16N4O2P2.2C2H5NO2.2V/c30-12-32-24-26-11-23(29-24)16-2-5-20-18(8-16)9-17-7-14(1-4-19(17)20)15-3-6-21-22(10-15)28-25(27-21)33-13-31;2*1-5-2(3)4;;/h1-8,10-11,32-33H,9H2,(H,26,29)(H,27,28);2*1H3,(H2,3,4);;/q-2;;;2*+2/p-2. The maximum atomic E-state index is 10.7. The topological polar surface area (TPSA) is 192 Å². The van der Waals surface area contributed by atoms with Gasteiger partial charge >= 0.3 is 37.1 Å². The number of methoxy groups -OCH3 is 2. The molecule has 0 spiro atoms. The fourth-order valence-electron chi connectivity index (χ4n) is 4.43. The summed E-state index contributed by atoms with van der Waals surface area (Å²) in [6.07, 6.45) is 0.644. The van der Waals surface area contributed by atoms with E-state index in [1.807, 2.05) is 18.1 Å². The van der Waals surface area contributed by atoms with Crippen LogP contribution in [0.5, 0.6) is 0 Å². The Hall–Kier alpha value is -3.75. The van der Waals surface area contributed by atoms with Gasteiger partial charge in [-0.15, -0.1) is 0 Å². The van der Waals surface area contributed by atoms with Gasteiger partial charge in [-0.1, -0.05) is 36.4 Å². The number of carbonyl (C=O) groups excluding carboxylic acids is 4. The number of nitrogens with one attached hydrogen (secondary N) is 4. The van der Waals surface area contributed by atoms with Crippen LogP contribution in [0.15, 0.2) is 60.8 Å². The predicted octanol–water partition coefficient (Wildman–Crippen LogP) is 5.54. The molecule has 0 saturated carbocycles. The molecular weight excluding hydrogens is 692 g/mol. The van der Waals surface area contributed by atoms with Crippen LogP contribution in [0.25, 0.3) is 56.0 Å². The maximum absolute atomic E-state index is 10.7. The average Bonchev–Trinajstić information content (AvgIpc) is 3.73. The molecule has 1 aliphatic carbocycles. The summed E-state index contributed by atoms with van der Waals surface area (Å²) < 4.78 is 7.56. The summed E-state index contributed by atoms with van der Waals surface area (Å²) in [5, 5.41) is 0. The molecule has 226 valence electrons. The maximum Gasteiger partial charge on any atom is 2.00 e. The first-order valence-electron chi connectivity index (χ1n) is 12.4. The molecule has 12 nitrogen and oxygen atoms in total. The van der Waals surface area contributed by atoms with Gasteiger partial charge in [-0.3, -0.25) is 9.59 Å². The molecule has 2 radical (unpaired) electrons. The van der Waals surface area contributed by atoms with Crippen molar-refractivity contribution >= 4 is 63.6 Å². The number of nitrogens with zero attached hydrogens (tertiary/aromatic N) is 2. The van der Waals surface area contributed by atoms with Crippen LogP contribution >= 0.6 is 17.2 Å². The monoisotopic (exact) mass is 716 g/mol. The molecule has 2 heterocycles. The van der Waals surface area contributed by atoms with Crippen molar-refractivity contribution < 1.29 is 65.8 Å². The van der Waals surface area contributed by atoms with Crippen LogP contribution in [-0.4, -0.2) is 58.4 Å². The second-order valence-electron chi connectivity index (χ2n) is 8.82. The number of amides is 2. The van der Waals surface area contributed by atoms with Crippen molar-refractivity contribution in [3.63, 3.8) is 0 Å². The molecule has 2 unspecified atom stereocenters. The summed E-state index contributed by atoms with van der Waals surface area (Å²) in [5.74, 6) is 0. The first-order chi connectivity index (χ1) is 20.8. The number of hydrogen-bond acceptors (Lipinski definition) is 8. The minimum absolute atomic E-state index is 0. The molecular formula is C29H24N6O6P2V2. The van der Waals surface area contributed by atoms with E-state index in [1.165, 1.54) is 22.3 Å². The number of aromatic amines is 2. The van der Waals surface area contributed by atoms with E-state index in [4.69, 9.17) is 11.5 Å². The normalized spacial score (nSPS) is 10.8. The van der Waals surface area contributed by atoms with Crippen LogP contribution in [-0.2, 0) is 62.6 Å². The first kappa shape index (κ1) is 37.4. The molecule has 3 aromatic carbocycles. The first-order valence-corrected chi connectivity index (χ1v) is 14.4. The Balaban J connectivity index is 0.000000516. The van der Waals surface area contributed by atoms with E-state index in [9.17, 15) is 19.2 Å². The molecule has 0 fully saturated rings. The van der Waals surface area contributed by atoms with Gasteiger partial charge in [0.2, 0.25) is 12.2 Å². The summed E-state index contributed by atoms with van der Waals surface area (Å²) in [6.45, 7) is 0. The molecule has 5 aromatic rings. The van der Waals surface area contributed by atoms with Gasteiger partial charge < -0.3 is 40.5 Å². The zero-order chi connectivity index (χ0) is 30.9. The summed E-state index contributed by atoms with van der Waals surface area (Å²) in [5.41, 5.74) is 24.3. The van der Waals surface area contributed by atoms with Gasteiger partial charge in [-0.2, -0.15) is 17.2 Å². The second kappa shape index (κ2) is 17.7. The Morgan fingerprint density at radius 2 is 1.29 bits per heavy atom. The molecule has 16 heteroatoms. The van der Waals surface area contributed by atoms with Crippen LogP contribution in [0.1, 0.15) is 11.1 Å². The quantitative estimate of drug-likeness (QED) is 0.166. The van der Waals surface area contributed by atoms with Crippen LogP contribution in [0.4, 0.5) is 9.59 Å². The minimum Gasteiger partial charge on any atom is -0.632 e. The number of hydrogen-bond donors (Lipinski definition) is 2. The van der Waals surface area contributed by atoms with Gasteiger partial charge in [0.1, 0.15) is 0 Å². The van der Waals surface area contributed by atoms with Gasteiger partial charge in [-0.25, -0.2) is 22.0 Å². The number of benzene rings is 3. The van der Waals surface area contributed by atoms with Crippen molar-refractivity contribution in [1.29, 1.82) is 0 Å². The predicted molar refractivity (Wildman–Crippen MR) is 168 cm³/mol. The van der Waals surface area contributed by atoms with Crippen molar-refractivity contribution in [1.82, 2.24) is 19.9 Å². The molecule has 2 atom stereocenters. The van der Waals surface area contributed by atoms with Gasteiger partial charge in [0, 0.05) is 0 Å². The van der Waals surface area contributed by atoms with Crippen LogP contribution in [0, 0.1) is 0 Å². The van der Waals surface area contributed by atoms with Gasteiger partial charge in [0.25, 0.3) is 0 Å². The Kier molecular flexibility index (Phi) is 14.7. The molecule has 6 rings (SSSR count). The number of ether oxygens (including phenoxy) is 2. The zero-order valence-corrected chi connectivity index (χ0v) is 28.5. The van der Waals surface area contributed by atoms with Crippen LogP contribution in [0.3, 0.4) is 0 Å². The fraction of sp³-hybridized carbons (Fsp3) is 0.103. The second-order valence-corrected chi connectivity index (χ2v) is 10.7. The van der Waals surface area contributed by atoms with Gasteiger partial charge in [-0.05, 0) is 63.6 Å². The molecule has 2 amide bonds. The van der Waals surface area contributed by atoms with Gasteiger partial charge in [0.15, 0.2) is 0 Å². The van der Waals surface area contributed by atoms with Crippen molar-refractivity contribution in [3.8, 4) is 33.5 Å². The SMILES string of the molecule is COC([NH-])=O.COC([NH-])=O.O=[C-]Pc1ncc(-c2ccc3c(c2)Cc2cc(-c4ccc5nc(P[C-]=O)[nH]c5c4)ccc2-3)[nH]1.[V+2].[V+2]. The fourth-order valence-corrected chi connectivity index (χ4v) is 5.33. The summed E-state index contributed by atoms with van der Waals surface area (Å²) in [7, 11) is 2.16.